The average Bonchev–Trinajstić information content (AvgIpc) is 2.38. The van der Waals surface area contributed by atoms with Crippen molar-refractivity contribution < 1.29 is 14.7 Å². The van der Waals surface area contributed by atoms with Crippen LogP contribution in [0, 0.1) is 6.92 Å². The number of hydrogen-bond acceptors (Lipinski definition) is 3. The number of carbonyl (C=O) groups is 2. The highest BCUT2D eigenvalue weighted by molar-refractivity contribution is 5.92. The molecule has 0 aromatic heterocycles. The van der Waals surface area contributed by atoms with Gasteiger partial charge >= 0.3 is 12.0 Å². The minimum Gasteiger partial charge on any atom is -0.478 e. The summed E-state index contributed by atoms with van der Waals surface area (Å²) in [6, 6.07) is 4.28. The summed E-state index contributed by atoms with van der Waals surface area (Å²) in [4.78, 5) is 24.8. The first-order valence-corrected chi connectivity index (χ1v) is 6.70. The Bertz CT molecular complexity index is 539. The van der Waals surface area contributed by atoms with Crippen LogP contribution in [-0.2, 0) is 0 Å². The molecule has 3 N–H and O–H groups in total. The van der Waals surface area contributed by atoms with Crippen molar-refractivity contribution in [2.75, 3.05) is 26.0 Å². The van der Waals surface area contributed by atoms with Gasteiger partial charge in [0, 0.05) is 17.8 Å². The largest absolute Gasteiger partial charge is 0.478 e. The Labute approximate surface area is 125 Å². The quantitative estimate of drug-likeness (QED) is 0.777. The van der Waals surface area contributed by atoms with Gasteiger partial charge in [0.15, 0.2) is 0 Å². The van der Waals surface area contributed by atoms with Crippen LogP contribution >= 0.6 is 0 Å². The van der Waals surface area contributed by atoms with Crippen LogP contribution in [0.4, 0.5) is 10.5 Å². The number of rotatable bonds is 5. The predicted octanol–water partition coefficient (Wildman–Crippen LogP) is 2.15. The number of urea groups is 1. The van der Waals surface area contributed by atoms with Gasteiger partial charge in [0.25, 0.3) is 0 Å². The Kier molecular flexibility index (Phi) is 5.32. The topological polar surface area (TPSA) is 81.7 Å². The number of nitrogens with one attached hydrogen (secondary N) is 2. The summed E-state index contributed by atoms with van der Waals surface area (Å²) in [6.07, 6.45) is 0. The minimum atomic E-state index is -0.984. The summed E-state index contributed by atoms with van der Waals surface area (Å²) < 4.78 is 0. The summed E-state index contributed by atoms with van der Waals surface area (Å²) in [6.45, 7) is 6.31. The molecule has 0 bridgehead atoms. The molecule has 0 radical (unpaired) electrons. The smallest absolute Gasteiger partial charge is 0.335 e. The number of carbonyl (C=O) groups excluding carboxylic acids is 1. The van der Waals surface area contributed by atoms with Gasteiger partial charge in [0.2, 0.25) is 0 Å². The van der Waals surface area contributed by atoms with E-state index in [1.807, 2.05) is 32.8 Å². The highest BCUT2D eigenvalue weighted by Gasteiger charge is 2.21. The standard InChI is InChI=1S/C15H23N3O3/c1-10-8-11(13(19)20)6-7-12(10)17-14(21)16-9-15(2,3)18(4)5/h6-8H,9H2,1-5H3,(H,19,20)(H2,16,17,21). The van der Waals surface area contributed by atoms with Gasteiger partial charge in [-0.05, 0) is 58.6 Å². The van der Waals surface area contributed by atoms with Crippen molar-refractivity contribution >= 4 is 17.7 Å². The van der Waals surface area contributed by atoms with Gasteiger partial charge in [-0.1, -0.05) is 0 Å². The summed E-state index contributed by atoms with van der Waals surface area (Å²) in [5.41, 5.74) is 1.35. The number of anilines is 1. The Balaban J connectivity index is 2.66. The maximum atomic E-state index is 11.9. The number of carboxylic acids is 1. The summed E-state index contributed by atoms with van der Waals surface area (Å²) in [5, 5.41) is 14.4. The molecule has 0 unspecified atom stereocenters. The molecule has 0 fully saturated rings. The molecule has 0 aliphatic rings. The average molecular weight is 293 g/mol. The second kappa shape index (κ2) is 6.58. The van der Waals surface area contributed by atoms with Crippen molar-refractivity contribution in [2.24, 2.45) is 0 Å². The third-order valence-electron chi connectivity index (χ3n) is 3.61. The molecule has 1 rings (SSSR count). The fourth-order valence-corrected chi connectivity index (χ4v) is 1.56. The third kappa shape index (κ3) is 4.75. The van der Waals surface area contributed by atoms with E-state index in [0.29, 0.717) is 17.8 Å². The first-order valence-electron chi connectivity index (χ1n) is 6.70. The molecule has 0 spiro atoms. The minimum absolute atomic E-state index is 0.153. The highest BCUT2D eigenvalue weighted by Crippen LogP contribution is 2.16. The van der Waals surface area contributed by atoms with E-state index < -0.39 is 5.97 Å². The second-order valence-corrected chi connectivity index (χ2v) is 5.85. The lowest BCUT2D eigenvalue weighted by Gasteiger charge is -2.32. The number of aryl methyl sites for hydroxylation is 1. The lowest BCUT2D eigenvalue weighted by Crippen LogP contribution is -2.49. The van der Waals surface area contributed by atoms with E-state index in [0.717, 1.165) is 0 Å². The zero-order valence-corrected chi connectivity index (χ0v) is 13.2. The first-order chi connectivity index (χ1) is 9.63. The zero-order valence-electron chi connectivity index (χ0n) is 13.2. The molecule has 1 aromatic rings. The van der Waals surface area contributed by atoms with Crippen LogP contribution in [0.25, 0.3) is 0 Å². The van der Waals surface area contributed by atoms with E-state index in [1.54, 1.807) is 13.0 Å². The lowest BCUT2D eigenvalue weighted by molar-refractivity contribution is 0.0697. The van der Waals surface area contributed by atoms with Crippen molar-refractivity contribution in [3.8, 4) is 0 Å². The van der Waals surface area contributed by atoms with Crippen LogP contribution in [0.2, 0.25) is 0 Å². The number of carboxylic acid groups (broad SMARTS) is 1. The highest BCUT2D eigenvalue weighted by atomic mass is 16.4. The Hall–Kier alpha value is -2.08. The van der Waals surface area contributed by atoms with E-state index in [1.165, 1.54) is 12.1 Å². The summed E-state index contributed by atoms with van der Waals surface area (Å²) in [7, 11) is 3.91. The van der Waals surface area contributed by atoms with E-state index in [4.69, 9.17) is 5.11 Å². The van der Waals surface area contributed by atoms with Crippen LogP contribution in [-0.4, -0.2) is 48.2 Å². The van der Waals surface area contributed by atoms with Gasteiger partial charge in [0.05, 0.1) is 5.56 Å². The van der Waals surface area contributed by atoms with Crippen molar-refractivity contribution in [2.45, 2.75) is 26.3 Å². The van der Waals surface area contributed by atoms with Gasteiger partial charge in [0.1, 0.15) is 0 Å². The van der Waals surface area contributed by atoms with E-state index in [-0.39, 0.29) is 17.1 Å². The van der Waals surface area contributed by atoms with Gasteiger partial charge in [-0.15, -0.1) is 0 Å². The molecule has 2 amide bonds. The zero-order chi connectivity index (χ0) is 16.2. The van der Waals surface area contributed by atoms with Crippen LogP contribution in [0.3, 0.4) is 0 Å². The van der Waals surface area contributed by atoms with Gasteiger partial charge in [-0.2, -0.15) is 0 Å². The fraction of sp³-hybridized carbons (Fsp3) is 0.467. The van der Waals surface area contributed by atoms with Crippen molar-refractivity contribution in [1.29, 1.82) is 0 Å². The predicted molar refractivity (Wildman–Crippen MR) is 82.9 cm³/mol. The Morgan fingerprint density at radius 3 is 2.38 bits per heavy atom. The molecule has 1 aromatic carbocycles. The van der Waals surface area contributed by atoms with E-state index in [9.17, 15) is 9.59 Å². The molecule has 0 aliphatic carbocycles. The Morgan fingerprint density at radius 2 is 1.90 bits per heavy atom. The molecule has 21 heavy (non-hydrogen) atoms. The summed E-state index contributed by atoms with van der Waals surface area (Å²) in [5.74, 6) is -0.984. The molecule has 0 saturated heterocycles. The summed E-state index contributed by atoms with van der Waals surface area (Å²) >= 11 is 0. The molecule has 0 atom stereocenters. The van der Waals surface area contributed by atoms with Crippen LogP contribution in [0.15, 0.2) is 18.2 Å². The molecule has 0 heterocycles. The number of benzene rings is 1. The maximum Gasteiger partial charge on any atom is 0.335 e. The molecular formula is C15H23N3O3. The number of amides is 2. The van der Waals surface area contributed by atoms with Crippen molar-refractivity contribution in [3.05, 3.63) is 29.3 Å². The van der Waals surface area contributed by atoms with Crippen molar-refractivity contribution in [3.63, 3.8) is 0 Å². The molecule has 6 heteroatoms. The molecule has 0 saturated carbocycles. The van der Waals surface area contributed by atoms with E-state index in [2.05, 4.69) is 10.6 Å². The maximum absolute atomic E-state index is 11.9. The normalized spacial score (nSPS) is 11.3. The number of hydrogen-bond donors (Lipinski definition) is 3. The molecule has 116 valence electrons. The monoisotopic (exact) mass is 293 g/mol. The molecule has 0 aliphatic heterocycles. The van der Waals surface area contributed by atoms with E-state index >= 15 is 0 Å². The van der Waals surface area contributed by atoms with Crippen LogP contribution in [0.1, 0.15) is 29.8 Å². The lowest BCUT2D eigenvalue weighted by atomic mass is 10.0. The Morgan fingerprint density at radius 1 is 1.29 bits per heavy atom. The molecule has 6 nitrogen and oxygen atoms in total. The first kappa shape index (κ1) is 17.0. The number of aromatic carboxylic acids is 1. The van der Waals surface area contributed by atoms with Crippen LogP contribution < -0.4 is 10.6 Å². The SMILES string of the molecule is Cc1cc(C(=O)O)ccc1NC(=O)NCC(C)(C)N(C)C. The fourth-order valence-electron chi connectivity index (χ4n) is 1.56. The molecular weight excluding hydrogens is 270 g/mol. The second-order valence-electron chi connectivity index (χ2n) is 5.85. The van der Waals surface area contributed by atoms with Gasteiger partial charge in [-0.3, -0.25) is 0 Å². The number of nitrogens with zero attached hydrogens (tertiary/aromatic N) is 1. The third-order valence-corrected chi connectivity index (χ3v) is 3.61. The van der Waals surface area contributed by atoms with Gasteiger partial charge < -0.3 is 20.6 Å². The van der Waals surface area contributed by atoms with Gasteiger partial charge in [-0.25, -0.2) is 9.59 Å². The number of likely N-dealkylation sites (N-methyl/N-ethyl adjacent to an activating group) is 1. The van der Waals surface area contributed by atoms with Crippen molar-refractivity contribution in [1.82, 2.24) is 10.2 Å². The van der Waals surface area contributed by atoms with Crippen LogP contribution in [0.5, 0.6) is 0 Å².